The highest BCUT2D eigenvalue weighted by atomic mass is 15.2. The van der Waals surface area contributed by atoms with Crippen molar-refractivity contribution in [1.82, 2.24) is 9.97 Å². The quantitative estimate of drug-likeness (QED) is 0.875. The fraction of sp³-hybridized carbons (Fsp3) is 0.375. The van der Waals surface area contributed by atoms with E-state index in [2.05, 4.69) is 33.9 Å². The summed E-state index contributed by atoms with van der Waals surface area (Å²) in [5.74, 6) is 0.998. The Morgan fingerprint density at radius 3 is 2.45 bits per heavy atom. The van der Waals surface area contributed by atoms with Crippen LogP contribution in [0.1, 0.15) is 25.0 Å². The molecule has 2 N–H and O–H groups in total. The molecule has 20 heavy (non-hydrogen) atoms. The van der Waals surface area contributed by atoms with Gasteiger partial charge in [-0.25, -0.2) is 4.98 Å². The summed E-state index contributed by atoms with van der Waals surface area (Å²) in [6.45, 7) is 5.91. The number of pyridine rings is 2. The molecule has 0 amide bonds. The molecule has 0 aliphatic heterocycles. The van der Waals surface area contributed by atoms with Crippen LogP contribution >= 0.6 is 0 Å². The van der Waals surface area contributed by atoms with Crippen LogP contribution in [0.2, 0.25) is 0 Å². The Balaban J connectivity index is 2.07. The second kappa shape index (κ2) is 7.01. The Hall–Kier alpha value is -1.94. The van der Waals surface area contributed by atoms with Crippen molar-refractivity contribution >= 4 is 5.82 Å². The van der Waals surface area contributed by atoms with Crippen molar-refractivity contribution in [2.45, 2.75) is 32.9 Å². The van der Waals surface area contributed by atoms with Gasteiger partial charge in [-0.3, -0.25) is 4.98 Å². The lowest BCUT2D eigenvalue weighted by Gasteiger charge is -2.22. The maximum absolute atomic E-state index is 5.81. The molecule has 0 bridgehead atoms. The van der Waals surface area contributed by atoms with Gasteiger partial charge in [0.2, 0.25) is 0 Å². The number of anilines is 1. The molecule has 0 aromatic carbocycles. The van der Waals surface area contributed by atoms with Gasteiger partial charge in [-0.05, 0) is 49.6 Å². The second-order valence-electron chi connectivity index (χ2n) is 5.08. The number of nitrogens with zero attached hydrogens (tertiary/aromatic N) is 3. The molecule has 1 unspecified atom stereocenters. The summed E-state index contributed by atoms with van der Waals surface area (Å²) in [5.41, 5.74) is 8.23. The Morgan fingerprint density at radius 1 is 1.15 bits per heavy atom. The summed E-state index contributed by atoms with van der Waals surface area (Å²) in [6.07, 6.45) is 6.43. The molecule has 106 valence electrons. The van der Waals surface area contributed by atoms with E-state index in [1.54, 1.807) is 0 Å². The van der Waals surface area contributed by atoms with Crippen molar-refractivity contribution in [1.29, 1.82) is 0 Å². The lowest BCUT2D eigenvalue weighted by Crippen LogP contribution is -2.23. The van der Waals surface area contributed by atoms with Gasteiger partial charge in [0.15, 0.2) is 0 Å². The Bertz CT molecular complexity index is 508. The van der Waals surface area contributed by atoms with Crippen LogP contribution in [0.5, 0.6) is 0 Å². The predicted molar refractivity (Wildman–Crippen MR) is 82.6 cm³/mol. The first-order valence-corrected chi connectivity index (χ1v) is 7.03. The average Bonchev–Trinajstić information content (AvgIpc) is 2.46. The first kappa shape index (κ1) is 14.5. The molecule has 1 atom stereocenters. The first-order chi connectivity index (χ1) is 9.69. The fourth-order valence-electron chi connectivity index (χ4n) is 2.16. The summed E-state index contributed by atoms with van der Waals surface area (Å²) in [6, 6.07) is 8.42. The van der Waals surface area contributed by atoms with Crippen LogP contribution in [0, 0.1) is 0 Å². The van der Waals surface area contributed by atoms with Gasteiger partial charge in [0, 0.05) is 37.7 Å². The van der Waals surface area contributed by atoms with Crippen LogP contribution in [0.15, 0.2) is 42.9 Å². The fourth-order valence-corrected chi connectivity index (χ4v) is 2.16. The minimum absolute atomic E-state index is 0.168. The molecule has 0 radical (unpaired) electrons. The minimum atomic E-state index is 0.168. The van der Waals surface area contributed by atoms with E-state index in [4.69, 9.17) is 5.73 Å². The highest BCUT2D eigenvalue weighted by Gasteiger charge is 2.07. The third kappa shape index (κ3) is 4.03. The van der Waals surface area contributed by atoms with Gasteiger partial charge >= 0.3 is 0 Å². The van der Waals surface area contributed by atoms with Crippen molar-refractivity contribution in [3.05, 3.63) is 54.0 Å². The number of nitrogens with two attached hydrogens (primary N) is 1. The Kier molecular flexibility index (Phi) is 5.07. The molecule has 0 saturated heterocycles. The van der Waals surface area contributed by atoms with Crippen LogP contribution in [0.4, 0.5) is 5.82 Å². The molecule has 2 aromatic heterocycles. The molecular formula is C16H22N4. The van der Waals surface area contributed by atoms with Gasteiger partial charge < -0.3 is 10.6 Å². The van der Waals surface area contributed by atoms with Crippen LogP contribution in [-0.2, 0) is 13.0 Å². The molecule has 2 rings (SSSR count). The summed E-state index contributed by atoms with van der Waals surface area (Å²) in [4.78, 5) is 10.8. The highest BCUT2D eigenvalue weighted by molar-refractivity contribution is 5.40. The molecule has 2 heterocycles. The van der Waals surface area contributed by atoms with E-state index < -0.39 is 0 Å². The number of rotatable bonds is 6. The van der Waals surface area contributed by atoms with Gasteiger partial charge in [-0.1, -0.05) is 6.07 Å². The monoisotopic (exact) mass is 270 g/mol. The zero-order valence-electron chi connectivity index (χ0n) is 12.2. The Morgan fingerprint density at radius 2 is 1.90 bits per heavy atom. The van der Waals surface area contributed by atoms with Crippen LogP contribution in [-0.4, -0.2) is 22.6 Å². The summed E-state index contributed by atoms with van der Waals surface area (Å²) in [7, 11) is 0. The predicted octanol–water partition coefficient (Wildman–Crippen LogP) is 2.39. The van der Waals surface area contributed by atoms with Gasteiger partial charge in [-0.2, -0.15) is 0 Å². The van der Waals surface area contributed by atoms with E-state index in [1.807, 2.05) is 37.6 Å². The molecule has 0 aliphatic carbocycles. The lowest BCUT2D eigenvalue weighted by molar-refractivity contribution is 0.734. The molecule has 0 aliphatic rings. The topological polar surface area (TPSA) is 55.0 Å². The van der Waals surface area contributed by atoms with Crippen molar-refractivity contribution in [2.75, 3.05) is 11.4 Å². The van der Waals surface area contributed by atoms with Gasteiger partial charge in [-0.15, -0.1) is 0 Å². The highest BCUT2D eigenvalue weighted by Crippen LogP contribution is 2.15. The zero-order valence-corrected chi connectivity index (χ0v) is 12.2. The number of hydrogen-bond donors (Lipinski definition) is 1. The van der Waals surface area contributed by atoms with Gasteiger partial charge in [0.25, 0.3) is 0 Å². The largest absolute Gasteiger partial charge is 0.353 e. The second-order valence-corrected chi connectivity index (χ2v) is 5.08. The van der Waals surface area contributed by atoms with Crippen LogP contribution in [0.3, 0.4) is 0 Å². The minimum Gasteiger partial charge on any atom is -0.353 e. The molecule has 0 fully saturated rings. The van der Waals surface area contributed by atoms with Gasteiger partial charge in [0.1, 0.15) is 5.82 Å². The SMILES string of the molecule is CCN(Cc1ccncc1)c1ccc(CC(C)N)cn1. The molecule has 0 saturated carbocycles. The Labute approximate surface area is 120 Å². The molecule has 0 spiro atoms. The van der Waals surface area contributed by atoms with Crippen LogP contribution < -0.4 is 10.6 Å². The van der Waals surface area contributed by atoms with Crippen molar-refractivity contribution in [2.24, 2.45) is 5.73 Å². The van der Waals surface area contributed by atoms with Gasteiger partial charge in [0.05, 0.1) is 0 Å². The summed E-state index contributed by atoms with van der Waals surface area (Å²) in [5, 5.41) is 0. The summed E-state index contributed by atoms with van der Waals surface area (Å²) < 4.78 is 0. The standard InChI is InChI=1S/C16H22N4/c1-3-20(12-14-6-8-18-9-7-14)16-5-4-15(11-19-16)10-13(2)17/h4-9,11,13H,3,10,12,17H2,1-2H3. The maximum Gasteiger partial charge on any atom is 0.128 e. The van der Waals surface area contributed by atoms with E-state index in [0.717, 1.165) is 25.3 Å². The van der Waals surface area contributed by atoms with Crippen molar-refractivity contribution < 1.29 is 0 Å². The summed E-state index contributed by atoms with van der Waals surface area (Å²) >= 11 is 0. The lowest BCUT2D eigenvalue weighted by atomic mass is 10.1. The van der Waals surface area contributed by atoms with Crippen molar-refractivity contribution in [3.8, 4) is 0 Å². The maximum atomic E-state index is 5.81. The molecule has 2 aromatic rings. The molecular weight excluding hydrogens is 248 g/mol. The third-order valence-corrected chi connectivity index (χ3v) is 3.20. The van der Waals surface area contributed by atoms with E-state index in [-0.39, 0.29) is 6.04 Å². The average molecular weight is 270 g/mol. The third-order valence-electron chi connectivity index (χ3n) is 3.20. The zero-order chi connectivity index (χ0) is 14.4. The normalized spacial score (nSPS) is 12.2. The molecule has 4 nitrogen and oxygen atoms in total. The van der Waals surface area contributed by atoms with E-state index in [0.29, 0.717) is 0 Å². The first-order valence-electron chi connectivity index (χ1n) is 7.03. The molecule has 4 heteroatoms. The van der Waals surface area contributed by atoms with Crippen molar-refractivity contribution in [3.63, 3.8) is 0 Å². The number of aromatic nitrogens is 2. The number of hydrogen-bond acceptors (Lipinski definition) is 4. The smallest absolute Gasteiger partial charge is 0.128 e. The van der Waals surface area contributed by atoms with E-state index in [9.17, 15) is 0 Å². The van der Waals surface area contributed by atoms with E-state index in [1.165, 1.54) is 11.1 Å². The van der Waals surface area contributed by atoms with Crippen LogP contribution in [0.25, 0.3) is 0 Å². The van der Waals surface area contributed by atoms with E-state index >= 15 is 0 Å².